The van der Waals surface area contributed by atoms with Crippen LogP contribution in [-0.4, -0.2) is 19.9 Å². The van der Waals surface area contributed by atoms with E-state index in [9.17, 15) is 0 Å². The molecule has 0 amide bonds. The molecule has 0 saturated carbocycles. The van der Waals surface area contributed by atoms with Crippen molar-refractivity contribution in [2.75, 3.05) is 0 Å². The summed E-state index contributed by atoms with van der Waals surface area (Å²) in [6.45, 7) is 0. The van der Waals surface area contributed by atoms with E-state index in [2.05, 4.69) is 145 Å². The van der Waals surface area contributed by atoms with E-state index in [4.69, 9.17) is 15.0 Å². The molecule has 0 atom stereocenters. The van der Waals surface area contributed by atoms with Crippen molar-refractivity contribution >= 4 is 64.6 Å². The fourth-order valence-corrected chi connectivity index (χ4v) is 9.01. The fraction of sp³-hybridized carbons (Fsp3) is 0. The molecule has 12 aromatic rings. The summed E-state index contributed by atoms with van der Waals surface area (Å²) in [4.78, 5) is 19.2. The average molecular weight is 737 g/mol. The van der Waals surface area contributed by atoms with Crippen LogP contribution in [0.25, 0.3) is 121 Å². The molecule has 2 heterocycles. The van der Waals surface area contributed by atoms with Crippen molar-refractivity contribution in [1.82, 2.24) is 19.9 Å². The van der Waals surface area contributed by atoms with Gasteiger partial charge in [0.05, 0.1) is 0 Å². The Labute approximate surface area is 334 Å². The predicted molar refractivity (Wildman–Crippen MR) is 241 cm³/mol. The van der Waals surface area contributed by atoms with Crippen LogP contribution in [0.2, 0.25) is 0 Å². The van der Waals surface area contributed by atoms with E-state index >= 15 is 0 Å². The standard InChI is InChI=1S/C54H32N4/c1-2-10-36(11-3-1)52-56-53(58-54(57-52)42-19-9-27-55-32-42)41-18-5-16-38(29-41)37-15-4-17-39(28-37)43-30-40-26-25-35-13-7-21-45-44-20-6-12-33-23-24-34-14-8-22-46(50(34)48(33)44)47(31-43)51(40)49(35)45/h1-32H. The van der Waals surface area contributed by atoms with Gasteiger partial charge >= 0.3 is 0 Å². The number of hydrogen-bond donors (Lipinski definition) is 0. The highest BCUT2D eigenvalue weighted by atomic mass is 15.0. The number of fused-ring (bicyclic) bond motifs is 2. The molecule has 0 unspecified atom stereocenters. The minimum Gasteiger partial charge on any atom is -0.264 e. The van der Waals surface area contributed by atoms with Crippen molar-refractivity contribution in [3.05, 3.63) is 194 Å². The van der Waals surface area contributed by atoms with E-state index in [0.717, 1.165) is 33.4 Å². The molecule has 0 N–H and O–H groups in total. The molecule has 0 spiro atoms. The Morgan fingerprint density at radius 1 is 0.259 bits per heavy atom. The second-order valence-corrected chi connectivity index (χ2v) is 15.0. The first kappa shape index (κ1) is 32.4. The summed E-state index contributed by atoms with van der Waals surface area (Å²) in [7, 11) is 0. The van der Waals surface area contributed by atoms with Gasteiger partial charge < -0.3 is 0 Å². The minimum atomic E-state index is 0.589. The van der Waals surface area contributed by atoms with Crippen LogP contribution in [0.4, 0.5) is 0 Å². The van der Waals surface area contributed by atoms with Crippen molar-refractivity contribution in [2.45, 2.75) is 0 Å². The van der Waals surface area contributed by atoms with E-state index in [-0.39, 0.29) is 0 Å². The van der Waals surface area contributed by atoms with Crippen LogP contribution in [0, 0.1) is 0 Å². The zero-order valence-electron chi connectivity index (χ0n) is 31.3. The van der Waals surface area contributed by atoms with Gasteiger partial charge in [0.2, 0.25) is 0 Å². The first-order chi connectivity index (χ1) is 28.7. The summed E-state index contributed by atoms with van der Waals surface area (Å²) in [5.74, 6) is 1.83. The lowest BCUT2D eigenvalue weighted by Crippen LogP contribution is -2.00. The van der Waals surface area contributed by atoms with Gasteiger partial charge in [0.15, 0.2) is 17.5 Å². The molecule has 0 aliphatic heterocycles. The van der Waals surface area contributed by atoms with E-state index in [1.165, 1.54) is 70.2 Å². The fourth-order valence-electron chi connectivity index (χ4n) is 9.01. The topological polar surface area (TPSA) is 51.6 Å². The Hall–Kier alpha value is -7.82. The molecule has 0 aliphatic carbocycles. The van der Waals surface area contributed by atoms with Crippen LogP contribution in [0.15, 0.2) is 194 Å². The van der Waals surface area contributed by atoms with Gasteiger partial charge in [0.1, 0.15) is 0 Å². The van der Waals surface area contributed by atoms with Crippen LogP contribution in [-0.2, 0) is 0 Å². The molecule has 12 rings (SSSR count). The van der Waals surface area contributed by atoms with E-state index < -0.39 is 0 Å². The summed E-state index contributed by atoms with van der Waals surface area (Å²) < 4.78 is 0. The zero-order chi connectivity index (χ0) is 38.2. The maximum Gasteiger partial charge on any atom is 0.165 e. The third-order valence-electron chi connectivity index (χ3n) is 11.7. The van der Waals surface area contributed by atoms with Gasteiger partial charge in [-0.1, -0.05) is 146 Å². The predicted octanol–water partition coefficient (Wildman–Crippen LogP) is 14.0. The molecule has 268 valence electrons. The van der Waals surface area contributed by atoms with Crippen molar-refractivity contribution in [2.24, 2.45) is 0 Å². The van der Waals surface area contributed by atoms with Gasteiger partial charge in [-0.2, -0.15) is 0 Å². The molecule has 58 heavy (non-hydrogen) atoms. The van der Waals surface area contributed by atoms with Crippen LogP contribution in [0.3, 0.4) is 0 Å². The lowest BCUT2D eigenvalue weighted by atomic mass is 9.86. The molecule has 10 aromatic carbocycles. The number of aromatic nitrogens is 4. The van der Waals surface area contributed by atoms with Gasteiger partial charge in [-0.25, -0.2) is 15.0 Å². The number of pyridine rings is 1. The SMILES string of the molecule is c1ccc(-c2nc(-c3cccnc3)nc(-c3cccc(-c4cccc(-c5cc6ccc7cccc8c9cccc%10ccc%11cccc(c(c5)c6c78)c%11c%109)c4)c3)n2)cc1. The average Bonchev–Trinajstić information content (AvgIpc) is 3.30. The van der Waals surface area contributed by atoms with Crippen LogP contribution in [0.1, 0.15) is 0 Å². The van der Waals surface area contributed by atoms with Gasteiger partial charge in [0.25, 0.3) is 0 Å². The van der Waals surface area contributed by atoms with Crippen LogP contribution in [0.5, 0.6) is 0 Å². The van der Waals surface area contributed by atoms with E-state index in [0.29, 0.717) is 17.5 Å². The Bertz CT molecular complexity index is 3500. The number of nitrogens with zero attached hydrogens (tertiary/aromatic N) is 4. The Morgan fingerprint density at radius 3 is 1.31 bits per heavy atom. The first-order valence-electron chi connectivity index (χ1n) is 19.6. The molecular formula is C54H32N4. The van der Waals surface area contributed by atoms with Gasteiger partial charge in [0, 0.05) is 29.1 Å². The van der Waals surface area contributed by atoms with Gasteiger partial charge in [-0.05, 0) is 123 Å². The minimum absolute atomic E-state index is 0.589. The number of rotatable bonds is 5. The van der Waals surface area contributed by atoms with Crippen molar-refractivity contribution in [1.29, 1.82) is 0 Å². The molecule has 0 aliphatic rings. The molecule has 2 aromatic heterocycles. The maximum absolute atomic E-state index is 4.99. The summed E-state index contributed by atoms with van der Waals surface area (Å²) in [5, 5.41) is 15.4. The quantitative estimate of drug-likeness (QED) is 0.165. The molecule has 4 heteroatoms. The highest BCUT2D eigenvalue weighted by Crippen LogP contribution is 2.44. The number of hydrogen-bond acceptors (Lipinski definition) is 4. The summed E-state index contributed by atoms with van der Waals surface area (Å²) in [6, 6.07) is 65.5. The Balaban J connectivity index is 1.05. The monoisotopic (exact) mass is 736 g/mol. The van der Waals surface area contributed by atoms with Gasteiger partial charge in [-0.15, -0.1) is 0 Å². The van der Waals surface area contributed by atoms with Gasteiger partial charge in [-0.3, -0.25) is 4.98 Å². The molecule has 0 radical (unpaired) electrons. The molecule has 0 bridgehead atoms. The highest BCUT2D eigenvalue weighted by molar-refractivity contribution is 6.37. The van der Waals surface area contributed by atoms with Crippen molar-refractivity contribution in [3.8, 4) is 56.4 Å². The Morgan fingerprint density at radius 2 is 0.707 bits per heavy atom. The third kappa shape index (κ3) is 5.16. The normalized spacial score (nSPS) is 11.8. The zero-order valence-corrected chi connectivity index (χ0v) is 31.3. The smallest absolute Gasteiger partial charge is 0.165 e. The summed E-state index contributed by atoms with van der Waals surface area (Å²) in [6.07, 6.45) is 3.55. The molecule has 0 fully saturated rings. The second kappa shape index (κ2) is 12.9. The van der Waals surface area contributed by atoms with Crippen molar-refractivity contribution < 1.29 is 0 Å². The molecule has 4 nitrogen and oxygen atoms in total. The first-order valence-corrected chi connectivity index (χ1v) is 19.6. The van der Waals surface area contributed by atoms with E-state index in [1.54, 1.807) is 12.4 Å². The molecular weight excluding hydrogens is 705 g/mol. The lowest BCUT2D eigenvalue weighted by Gasteiger charge is -2.17. The van der Waals surface area contributed by atoms with Crippen LogP contribution >= 0.6 is 0 Å². The maximum atomic E-state index is 4.99. The van der Waals surface area contributed by atoms with E-state index in [1.807, 2.05) is 42.5 Å². The Kier molecular flexibility index (Phi) is 7.20. The summed E-state index contributed by atoms with van der Waals surface area (Å²) in [5.41, 5.74) is 7.24. The van der Waals surface area contributed by atoms with Crippen molar-refractivity contribution in [3.63, 3.8) is 0 Å². The third-order valence-corrected chi connectivity index (χ3v) is 11.7. The molecule has 0 saturated heterocycles. The largest absolute Gasteiger partial charge is 0.264 e. The number of benzene rings is 9. The van der Waals surface area contributed by atoms with Crippen LogP contribution < -0.4 is 0 Å². The summed E-state index contributed by atoms with van der Waals surface area (Å²) >= 11 is 0. The lowest BCUT2D eigenvalue weighted by molar-refractivity contribution is 1.07. The highest BCUT2D eigenvalue weighted by Gasteiger charge is 2.17. The second-order valence-electron chi connectivity index (χ2n) is 15.0.